The number of aliphatic hydroxyl groups excluding tert-OH is 1. The summed E-state index contributed by atoms with van der Waals surface area (Å²) < 4.78 is 5.71. The normalized spacial score (nSPS) is 30.2. The van der Waals surface area contributed by atoms with Gasteiger partial charge in [-0.3, -0.25) is 4.90 Å². The molecule has 1 saturated heterocycles. The fourth-order valence-corrected chi connectivity index (χ4v) is 2.63. The number of rotatable bonds is 4. The quantitative estimate of drug-likeness (QED) is 0.796. The van der Waals surface area contributed by atoms with Crippen molar-refractivity contribution >= 4 is 0 Å². The Morgan fingerprint density at radius 3 is 2.50 bits per heavy atom. The van der Waals surface area contributed by atoms with Crippen molar-refractivity contribution in [1.82, 2.24) is 4.90 Å². The molecule has 3 N–H and O–H groups in total. The first-order valence-electron chi connectivity index (χ1n) is 7.05. The van der Waals surface area contributed by atoms with Crippen LogP contribution in [0.25, 0.3) is 0 Å². The van der Waals surface area contributed by atoms with Gasteiger partial charge in [-0.2, -0.15) is 0 Å². The fraction of sp³-hybridized carbons (Fsp3) is 1.00. The first-order chi connectivity index (χ1) is 8.31. The average Bonchev–Trinajstić information content (AvgIpc) is 2.29. The van der Waals surface area contributed by atoms with E-state index >= 15 is 0 Å². The summed E-state index contributed by atoms with van der Waals surface area (Å²) in [6.07, 6.45) is 1.24. The van der Waals surface area contributed by atoms with E-state index in [4.69, 9.17) is 10.5 Å². The lowest BCUT2D eigenvalue weighted by Gasteiger charge is -2.47. The summed E-state index contributed by atoms with van der Waals surface area (Å²) in [6, 6.07) is 0.342. The second-order valence-electron chi connectivity index (χ2n) is 6.54. The van der Waals surface area contributed by atoms with Crippen LogP contribution >= 0.6 is 0 Å². The molecule has 0 aliphatic carbocycles. The van der Waals surface area contributed by atoms with Crippen LogP contribution in [0.3, 0.4) is 0 Å². The van der Waals surface area contributed by atoms with Gasteiger partial charge in [0.05, 0.1) is 19.3 Å². The maximum atomic E-state index is 9.75. The van der Waals surface area contributed by atoms with Crippen molar-refractivity contribution < 1.29 is 9.84 Å². The van der Waals surface area contributed by atoms with E-state index in [2.05, 4.69) is 39.5 Å². The predicted molar refractivity (Wildman–Crippen MR) is 74.5 cm³/mol. The van der Waals surface area contributed by atoms with Gasteiger partial charge in [0.15, 0.2) is 0 Å². The zero-order valence-electron chi connectivity index (χ0n) is 12.5. The van der Waals surface area contributed by atoms with Gasteiger partial charge >= 0.3 is 0 Å². The molecule has 0 aromatic rings. The Morgan fingerprint density at radius 1 is 1.44 bits per heavy atom. The summed E-state index contributed by atoms with van der Waals surface area (Å²) in [4.78, 5) is 2.35. The minimum atomic E-state index is -0.0400. The van der Waals surface area contributed by atoms with Crippen molar-refractivity contribution in [2.75, 3.05) is 19.8 Å². The molecular formula is C14H30N2O2. The highest BCUT2D eigenvalue weighted by Gasteiger charge is 2.37. The Kier molecular flexibility index (Phi) is 5.59. The van der Waals surface area contributed by atoms with Crippen LogP contribution in [-0.2, 0) is 4.74 Å². The molecular weight excluding hydrogens is 228 g/mol. The van der Waals surface area contributed by atoms with Crippen molar-refractivity contribution in [2.24, 2.45) is 11.1 Å². The number of morpholine rings is 1. The third kappa shape index (κ3) is 3.67. The summed E-state index contributed by atoms with van der Waals surface area (Å²) in [6.45, 7) is 12.3. The van der Waals surface area contributed by atoms with Crippen LogP contribution in [0.2, 0.25) is 0 Å². The number of nitrogens with zero attached hydrogens (tertiary/aromatic N) is 1. The van der Waals surface area contributed by atoms with E-state index in [1.165, 1.54) is 0 Å². The lowest BCUT2D eigenvalue weighted by molar-refractivity contribution is -0.0893. The Balaban J connectivity index is 2.84. The molecule has 4 nitrogen and oxygen atoms in total. The molecule has 4 heteroatoms. The van der Waals surface area contributed by atoms with Gasteiger partial charge in [-0.15, -0.1) is 0 Å². The SMILES string of the molecule is CCC1COC(C)CN1C(CO)C(N)C(C)(C)C. The molecule has 1 rings (SSSR count). The third-order valence-corrected chi connectivity index (χ3v) is 4.01. The number of nitrogens with two attached hydrogens (primary N) is 1. The highest BCUT2D eigenvalue weighted by molar-refractivity contribution is 4.93. The minimum Gasteiger partial charge on any atom is -0.395 e. The molecule has 1 heterocycles. The van der Waals surface area contributed by atoms with E-state index < -0.39 is 0 Å². The van der Waals surface area contributed by atoms with Crippen LogP contribution in [0.5, 0.6) is 0 Å². The summed E-state index contributed by atoms with van der Waals surface area (Å²) in [7, 11) is 0. The molecule has 4 atom stereocenters. The van der Waals surface area contributed by atoms with E-state index in [0.29, 0.717) is 6.04 Å². The first-order valence-corrected chi connectivity index (χ1v) is 7.05. The third-order valence-electron chi connectivity index (χ3n) is 4.01. The van der Waals surface area contributed by atoms with Crippen molar-refractivity contribution in [1.29, 1.82) is 0 Å². The Labute approximate surface area is 111 Å². The lowest BCUT2D eigenvalue weighted by atomic mass is 9.82. The molecule has 0 bridgehead atoms. The van der Waals surface area contributed by atoms with Gasteiger partial charge in [0.2, 0.25) is 0 Å². The molecule has 1 aliphatic rings. The summed E-state index contributed by atoms with van der Waals surface area (Å²) in [5, 5.41) is 9.75. The molecule has 0 aromatic carbocycles. The maximum Gasteiger partial charge on any atom is 0.0674 e. The largest absolute Gasteiger partial charge is 0.395 e. The van der Waals surface area contributed by atoms with Gasteiger partial charge in [-0.25, -0.2) is 0 Å². The van der Waals surface area contributed by atoms with Crippen LogP contribution in [-0.4, -0.2) is 54.0 Å². The first kappa shape index (κ1) is 15.9. The molecule has 0 aromatic heterocycles. The van der Waals surface area contributed by atoms with Crippen molar-refractivity contribution in [3.8, 4) is 0 Å². The second-order valence-corrected chi connectivity index (χ2v) is 6.54. The zero-order chi connectivity index (χ0) is 13.9. The van der Waals surface area contributed by atoms with E-state index in [0.717, 1.165) is 19.6 Å². The standard InChI is InChI=1S/C14H30N2O2/c1-6-11-9-18-10(2)7-16(11)12(8-17)13(15)14(3,4)5/h10-13,17H,6-9,15H2,1-5H3. The Morgan fingerprint density at radius 2 is 2.06 bits per heavy atom. The van der Waals surface area contributed by atoms with Crippen molar-refractivity contribution in [3.63, 3.8) is 0 Å². The monoisotopic (exact) mass is 258 g/mol. The maximum absolute atomic E-state index is 9.75. The van der Waals surface area contributed by atoms with Crippen molar-refractivity contribution in [2.45, 2.75) is 65.3 Å². The molecule has 0 amide bonds. The van der Waals surface area contributed by atoms with Gasteiger partial charge in [0.1, 0.15) is 0 Å². The molecule has 0 saturated carbocycles. The van der Waals surface area contributed by atoms with Gasteiger partial charge in [-0.1, -0.05) is 27.7 Å². The summed E-state index contributed by atoms with van der Waals surface area (Å²) in [5.41, 5.74) is 6.35. The van der Waals surface area contributed by atoms with Gasteiger partial charge in [-0.05, 0) is 18.8 Å². The number of hydrogen-bond acceptors (Lipinski definition) is 4. The zero-order valence-corrected chi connectivity index (χ0v) is 12.5. The smallest absolute Gasteiger partial charge is 0.0674 e. The fourth-order valence-electron chi connectivity index (χ4n) is 2.63. The predicted octanol–water partition coefficient (Wildman–Crippen LogP) is 1.22. The van der Waals surface area contributed by atoms with Crippen molar-refractivity contribution in [3.05, 3.63) is 0 Å². The van der Waals surface area contributed by atoms with Crippen LogP contribution < -0.4 is 5.73 Å². The van der Waals surface area contributed by atoms with Gasteiger partial charge in [0.25, 0.3) is 0 Å². The Bertz CT molecular complexity index is 253. The van der Waals surface area contributed by atoms with E-state index in [1.807, 2.05) is 0 Å². The lowest BCUT2D eigenvalue weighted by Crippen LogP contribution is -2.62. The highest BCUT2D eigenvalue weighted by Crippen LogP contribution is 2.26. The highest BCUT2D eigenvalue weighted by atomic mass is 16.5. The summed E-state index contributed by atoms with van der Waals surface area (Å²) in [5.74, 6) is 0. The molecule has 0 radical (unpaired) electrons. The molecule has 0 spiro atoms. The van der Waals surface area contributed by atoms with E-state index in [9.17, 15) is 5.11 Å². The van der Waals surface area contributed by atoms with Gasteiger partial charge in [0, 0.05) is 24.7 Å². The van der Waals surface area contributed by atoms with Crippen LogP contribution in [0.1, 0.15) is 41.0 Å². The number of aliphatic hydroxyl groups is 1. The number of hydrogen-bond donors (Lipinski definition) is 2. The molecule has 1 fully saturated rings. The van der Waals surface area contributed by atoms with Crippen LogP contribution in [0.4, 0.5) is 0 Å². The van der Waals surface area contributed by atoms with Crippen LogP contribution in [0.15, 0.2) is 0 Å². The average molecular weight is 258 g/mol. The summed E-state index contributed by atoms with van der Waals surface area (Å²) >= 11 is 0. The Hall–Kier alpha value is -0.160. The molecule has 1 aliphatic heterocycles. The van der Waals surface area contributed by atoms with Crippen LogP contribution in [0, 0.1) is 5.41 Å². The molecule has 108 valence electrons. The van der Waals surface area contributed by atoms with E-state index in [1.54, 1.807) is 0 Å². The van der Waals surface area contributed by atoms with Gasteiger partial charge < -0.3 is 15.6 Å². The second kappa shape index (κ2) is 6.33. The van der Waals surface area contributed by atoms with E-state index in [-0.39, 0.29) is 30.2 Å². The minimum absolute atomic E-state index is 0.00672. The topological polar surface area (TPSA) is 58.7 Å². The number of ether oxygens (including phenoxy) is 1. The molecule has 18 heavy (non-hydrogen) atoms. The molecule has 4 unspecified atom stereocenters.